The number of hydrogen-bond acceptors (Lipinski definition) is 5. The number of thiophene rings is 2. The fourth-order valence-corrected chi connectivity index (χ4v) is 6.72. The molecule has 12 heteroatoms. The highest BCUT2D eigenvalue weighted by Crippen LogP contribution is 2.44. The maximum atomic E-state index is 14.9. The van der Waals surface area contributed by atoms with Crippen LogP contribution in [0.1, 0.15) is 30.0 Å². The van der Waals surface area contributed by atoms with Crippen molar-refractivity contribution in [3.63, 3.8) is 0 Å². The lowest BCUT2D eigenvalue weighted by molar-refractivity contribution is -0.189. The molecule has 0 fully saturated rings. The summed E-state index contributed by atoms with van der Waals surface area (Å²) in [4.78, 5) is 1.06. The summed E-state index contributed by atoms with van der Waals surface area (Å²) in [6.45, 7) is 2.00. The van der Waals surface area contributed by atoms with Gasteiger partial charge in [-0.2, -0.15) is 8.78 Å². The Labute approximate surface area is 236 Å². The van der Waals surface area contributed by atoms with Crippen LogP contribution in [0.25, 0.3) is 30.3 Å². The molecule has 0 aliphatic heterocycles. The Morgan fingerprint density at radius 1 is 0.805 bits per heavy atom. The monoisotopic (exact) mass is 609 g/mol. The number of nitrogens with zero attached hydrogens (tertiary/aromatic N) is 1. The highest BCUT2D eigenvalue weighted by Gasteiger charge is 2.41. The SMILES string of the molecule is CCCc1ccc(-c2cc3sc(-c4cc(F)c(C(F)(F)Oc5cc(F)c(/C=N/O)c(F)c5)c(F)c4)cc3s2)c(F)c1. The third-order valence-corrected chi connectivity index (χ3v) is 8.52. The minimum Gasteiger partial charge on any atom is -0.429 e. The van der Waals surface area contributed by atoms with Crippen molar-refractivity contribution < 1.29 is 40.7 Å². The molecule has 0 atom stereocenters. The highest BCUT2D eigenvalue weighted by atomic mass is 32.1. The van der Waals surface area contributed by atoms with Gasteiger partial charge in [0.25, 0.3) is 0 Å². The number of fused-ring (bicyclic) bond motifs is 1. The molecule has 0 spiro atoms. The van der Waals surface area contributed by atoms with Crippen LogP contribution in [-0.2, 0) is 12.5 Å². The molecule has 0 saturated carbocycles. The zero-order valence-electron chi connectivity index (χ0n) is 21.0. The van der Waals surface area contributed by atoms with E-state index in [0.717, 1.165) is 29.7 Å². The van der Waals surface area contributed by atoms with Gasteiger partial charge in [0, 0.05) is 36.9 Å². The van der Waals surface area contributed by atoms with Gasteiger partial charge in [-0.3, -0.25) is 0 Å². The Kier molecular flexibility index (Phi) is 7.80. The van der Waals surface area contributed by atoms with Crippen molar-refractivity contribution in [1.29, 1.82) is 0 Å². The van der Waals surface area contributed by atoms with E-state index in [1.807, 2.05) is 13.0 Å². The van der Waals surface area contributed by atoms with Crippen molar-refractivity contribution in [2.45, 2.75) is 25.9 Å². The molecule has 2 heterocycles. The van der Waals surface area contributed by atoms with Gasteiger partial charge in [0.1, 0.15) is 40.4 Å². The molecular formula is C29H18F7NO2S2. The van der Waals surface area contributed by atoms with E-state index < -0.39 is 46.3 Å². The first-order valence-electron chi connectivity index (χ1n) is 12.1. The third kappa shape index (κ3) is 5.66. The van der Waals surface area contributed by atoms with Crippen molar-refractivity contribution in [3.05, 3.63) is 100 Å². The smallest absolute Gasteiger partial charge is 0.429 e. The zero-order chi connectivity index (χ0) is 29.5. The van der Waals surface area contributed by atoms with Crippen LogP contribution in [0.15, 0.2) is 59.8 Å². The first kappa shape index (κ1) is 28.6. The average Bonchev–Trinajstić information content (AvgIpc) is 3.45. The van der Waals surface area contributed by atoms with Crippen LogP contribution in [0.3, 0.4) is 0 Å². The summed E-state index contributed by atoms with van der Waals surface area (Å²) in [5.74, 6) is -7.48. The number of oxime groups is 1. The number of hydrogen-bond donors (Lipinski definition) is 1. The lowest BCUT2D eigenvalue weighted by atomic mass is 10.1. The molecule has 5 rings (SSSR count). The molecule has 0 saturated heterocycles. The van der Waals surface area contributed by atoms with Crippen LogP contribution in [0.5, 0.6) is 5.75 Å². The Bertz CT molecular complexity index is 1720. The van der Waals surface area contributed by atoms with Crippen LogP contribution in [0.2, 0.25) is 0 Å². The van der Waals surface area contributed by atoms with Gasteiger partial charge in [-0.1, -0.05) is 30.6 Å². The Balaban J connectivity index is 1.42. The lowest BCUT2D eigenvalue weighted by Crippen LogP contribution is -2.25. The molecule has 0 radical (unpaired) electrons. The average molecular weight is 610 g/mol. The van der Waals surface area contributed by atoms with Crippen molar-refractivity contribution in [2.24, 2.45) is 5.16 Å². The number of rotatable bonds is 8. The Morgan fingerprint density at radius 2 is 1.41 bits per heavy atom. The van der Waals surface area contributed by atoms with E-state index >= 15 is 0 Å². The molecule has 0 unspecified atom stereocenters. The van der Waals surface area contributed by atoms with Crippen LogP contribution < -0.4 is 4.74 Å². The van der Waals surface area contributed by atoms with Gasteiger partial charge in [0.15, 0.2) is 0 Å². The zero-order valence-corrected chi connectivity index (χ0v) is 22.6. The summed E-state index contributed by atoms with van der Waals surface area (Å²) in [5, 5.41) is 10.9. The summed E-state index contributed by atoms with van der Waals surface area (Å²) in [7, 11) is 0. The molecule has 0 aliphatic carbocycles. The summed E-state index contributed by atoms with van der Waals surface area (Å²) in [6, 6.07) is 10.6. The number of ether oxygens (including phenoxy) is 1. The maximum absolute atomic E-state index is 14.9. The predicted molar refractivity (Wildman–Crippen MR) is 145 cm³/mol. The van der Waals surface area contributed by atoms with E-state index in [1.54, 1.807) is 18.2 Å². The fourth-order valence-electron chi connectivity index (χ4n) is 4.31. The van der Waals surface area contributed by atoms with Gasteiger partial charge in [0.05, 0.1) is 11.8 Å². The normalized spacial score (nSPS) is 12.1. The van der Waals surface area contributed by atoms with Crippen LogP contribution in [0, 0.1) is 29.1 Å². The maximum Gasteiger partial charge on any atom is 0.432 e. The first-order chi connectivity index (χ1) is 19.5. The third-order valence-electron chi connectivity index (χ3n) is 6.15. The molecule has 0 aliphatic rings. The van der Waals surface area contributed by atoms with E-state index in [-0.39, 0.29) is 11.4 Å². The van der Waals surface area contributed by atoms with Crippen molar-refractivity contribution in [3.8, 4) is 26.6 Å². The van der Waals surface area contributed by atoms with E-state index in [1.165, 1.54) is 17.4 Å². The molecule has 0 amide bonds. The summed E-state index contributed by atoms with van der Waals surface area (Å²) >= 11 is 2.43. The number of halogens is 7. The van der Waals surface area contributed by atoms with Gasteiger partial charge >= 0.3 is 6.11 Å². The second-order valence-corrected chi connectivity index (χ2v) is 11.2. The molecule has 3 nitrogen and oxygen atoms in total. The highest BCUT2D eigenvalue weighted by molar-refractivity contribution is 7.31. The van der Waals surface area contributed by atoms with E-state index in [9.17, 15) is 30.7 Å². The van der Waals surface area contributed by atoms with Gasteiger partial charge in [-0.05, 0) is 47.9 Å². The second kappa shape index (κ2) is 11.2. The summed E-state index contributed by atoms with van der Waals surface area (Å²) in [6.07, 6.45) is -2.59. The van der Waals surface area contributed by atoms with Gasteiger partial charge in [-0.25, -0.2) is 22.0 Å². The van der Waals surface area contributed by atoms with Gasteiger partial charge in [0.2, 0.25) is 0 Å². The van der Waals surface area contributed by atoms with Crippen LogP contribution in [-0.4, -0.2) is 11.4 Å². The second-order valence-electron chi connectivity index (χ2n) is 8.99. The topological polar surface area (TPSA) is 41.8 Å². The van der Waals surface area contributed by atoms with Crippen LogP contribution >= 0.6 is 22.7 Å². The molecule has 5 aromatic rings. The molecule has 3 aromatic carbocycles. The Morgan fingerprint density at radius 3 is 2.00 bits per heavy atom. The largest absolute Gasteiger partial charge is 0.432 e. The fraction of sp³-hybridized carbons (Fsp3) is 0.138. The number of aryl methyl sites for hydroxylation is 1. The predicted octanol–water partition coefficient (Wildman–Crippen LogP) is 9.88. The van der Waals surface area contributed by atoms with Crippen molar-refractivity contribution in [1.82, 2.24) is 0 Å². The lowest BCUT2D eigenvalue weighted by Gasteiger charge is -2.20. The number of alkyl halides is 2. The number of benzene rings is 3. The molecule has 0 bridgehead atoms. The molecule has 2 aromatic heterocycles. The molecule has 41 heavy (non-hydrogen) atoms. The van der Waals surface area contributed by atoms with Crippen LogP contribution in [0.4, 0.5) is 30.7 Å². The van der Waals surface area contributed by atoms with Gasteiger partial charge in [-0.15, -0.1) is 22.7 Å². The summed E-state index contributed by atoms with van der Waals surface area (Å²) < 4.78 is 108. The summed E-state index contributed by atoms with van der Waals surface area (Å²) in [5.41, 5.74) is -1.27. The minimum absolute atomic E-state index is 0.0191. The first-order valence-corrected chi connectivity index (χ1v) is 13.7. The molecule has 1 N–H and O–H groups in total. The Hall–Kier alpha value is -3.90. The molecule has 212 valence electrons. The van der Waals surface area contributed by atoms with E-state index in [2.05, 4.69) is 9.89 Å². The molecular weight excluding hydrogens is 591 g/mol. The van der Waals surface area contributed by atoms with Crippen molar-refractivity contribution in [2.75, 3.05) is 0 Å². The van der Waals surface area contributed by atoms with E-state index in [4.69, 9.17) is 5.21 Å². The van der Waals surface area contributed by atoms with Crippen molar-refractivity contribution >= 4 is 38.3 Å². The minimum atomic E-state index is -4.64. The van der Waals surface area contributed by atoms with Gasteiger partial charge < -0.3 is 9.94 Å². The van der Waals surface area contributed by atoms with E-state index in [0.29, 0.717) is 55.2 Å². The quantitative estimate of drug-likeness (QED) is 0.0824. The standard InChI is InChI=1S/C29H18F7NO2S2/c1-2-3-14-4-5-17(19(30)6-14)25-12-27-26(41-25)11-24(40-27)15-7-22(33)28(23(34)8-15)29(35,36)39-16-9-20(31)18(13-37-38)21(32)10-16/h4-13,38H,2-3H2,1H3/b37-13+.